The highest BCUT2D eigenvalue weighted by Gasteiger charge is 2.12. The first-order valence-electron chi connectivity index (χ1n) is 6.10. The van der Waals surface area contributed by atoms with Gasteiger partial charge >= 0.3 is 0 Å². The minimum absolute atomic E-state index is 0. The van der Waals surface area contributed by atoms with E-state index in [1.807, 2.05) is 0 Å². The second-order valence-electron chi connectivity index (χ2n) is 4.35. The fraction of sp³-hybridized carbons (Fsp3) is 0.667. The minimum atomic E-state index is 0. The van der Waals surface area contributed by atoms with E-state index in [-0.39, 0.29) is 12.4 Å². The Morgan fingerprint density at radius 1 is 1.39 bits per heavy atom. The van der Waals surface area contributed by atoms with Crippen molar-refractivity contribution in [1.82, 2.24) is 15.3 Å². The normalized spacial score (nSPS) is 19.3. The van der Waals surface area contributed by atoms with E-state index < -0.39 is 0 Å². The van der Waals surface area contributed by atoms with Crippen molar-refractivity contribution in [2.24, 2.45) is 5.92 Å². The third-order valence-corrected chi connectivity index (χ3v) is 3.35. The Kier molecular flexibility index (Phi) is 7.51. The maximum Gasteiger partial charge on any atom is 0.152 e. The largest absolute Gasteiger partial charge is 0.375 e. The lowest BCUT2D eigenvalue weighted by Gasteiger charge is -2.22. The second-order valence-corrected chi connectivity index (χ2v) is 4.71. The van der Waals surface area contributed by atoms with E-state index in [1.165, 1.54) is 12.8 Å². The molecule has 4 nitrogen and oxygen atoms in total. The number of aromatic nitrogens is 2. The van der Waals surface area contributed by atoms with E-state index in [0.717, 1.165) is 37.7 Å². The molecule has 1 saturated heterocycles. The number of nitrogens with zero attached hydrogens (tertiary/aromatic N) is 2. The lowest BCUT2D eigenvalue weighted by molar-refractivity contribution is 0.101. The molecule has 0 aromatic carbocycles. The van der Waals surface area contributed by atoms with Crippen molar-refractivity contribution in [2.75, 3.05) is 19.7 Å². The van der Waals surface area contributed by atoms with Crippen molar-refractivity contribution in [2.45, 2.75) is 25.9 Å². The van der Waals surface area contributed by atoms with Crippen LogP contribution in [0.5, 0.6) is 0 Å². The molecule has 6 heteroatoms. The molecular weight excluding hydrogens is 273 g/mol. The summed E-state index contributed by atoms with van der Waals surface area (Å²) in [4.78, 5) is 8.09. The Labute approximate surface area is 119 Å². The van der Waals surface area contributed by atoms with Gasteiger partial charge in [0.1, 0.15) is 5.69 Å². The van der Waals surface area contributed by atoms with E-state index in [1.54, 1.807) is 12.4 Å². The van der Waals surface area contributed by atoms with Crippen LogP contribution in [0.15, 0.2) is 12.4 Å². The first-order valence-corrected chi connectivity index (χ1v) is 6.48. The van der Waals surface area contributed by atoms with Crippen LogP contribution in [0.3, 0.4) is 0 Å². The van der Waals surface area contributed by atoms with E-state index in [0.29, 0.717) is 11.8 Å². The zero-order valence-electron chi connectivity index (χ0n) is 10.3. The molecule has 1 fully saturated rings. The van der Waals surface area contributed by atoms with Gasteiger partial charge in [-0.25, -0.2) is 4.98 Å². The highest BCUT2D eigenvalue weighted by molar-refractivity contribution is 6.29. The summed E-state index contributed by atoms with van der Waals surface area (Å²) >= 11 is 5.89. The number of rotatable bonds is 5. The molecule has 1 aliphatic rings. The molecule has 1 unspecified atom stereocenters. The van der Waals surface area contributed by atoms with Crippen LogP contribution in [-0.2, 0) is 11.3 Å². The molecule has 1 N–H and O–H groups in total. The molecule has 2 heterocycles. The number of hydrogen-bond donors (Lipinski definition) is 1. The third-order valence-electron chi connectivity index (χ3n) is 3.03. The predicted octanol–water partition coefficient (Wildman–Crippen LogP) is 2.46. The molecular formula is C12H19Cl2N3O. The van der Waals surface area contributed by atoms with Crippen LogP contribution in [0.1, 0.15) is 25.0 Å². The topological polar surface area (TPSA) is 47.0 Å². The van der Waals surface area contributed by atoms with E-state index in [9.17, 15) is 0 Å². The first-order chi connectivity index (χ1) is 8.36. The number of ether oxygens (including phenoxy) is 1. The monoisotopic (exact) mass is 291 g/mol. The van der Waals surface area contributed by atoms with Gasteiger partial charge in [0, 0.05) is 19.0 Å². The zero-order chi connectivity index (χ0) is 11.9. The van der Waals surface area contributed by atoms with Crippen molar-refractivity contribution in [3.8, 4) is 0 Å². The average molecular weight is 292 g/mol. The SMILES string of the molecule is Cl.Clc1nccnc1COCCC1CCCNC1. The van der Waals surface area contributed by atoms with E-state index >= 15 is 0 Å². The Morgan fingerprint density at radius 2 is 2.22 bits per heavy atom. The summed E-state index contributed by atoms with van der Waals surface area (Å²) < 4.78 is 5.59. The van der Waals surface area contributed by atoms with E-state index in [4.69, 9.17) is 16.3 Å². The van der Waals surface area contributed by atoms with Gasteiger partial charge in [-0.3, -0.25) is 4.98 Å². The first kappa shape index (κ1) is 15.6. The molecule has 1 aliphatic heterocycles. The number of piperidine rings is 1. The van der Waals surface area contributed by atoms with Crippen LogP contribution in [0.2, 0.25) is 5.15 Å². The lowest BCUT2D eigenvalue weighted by Crippen LogP contribution is -2.30. The highest BCUT2D eigenvalue weighted by Crippen LogP contribution is 2.15. The molecule has 1 atom stereocenters. The van der Waals surface area contributed by atoms with Crippen LogP contribution >= 0.6 is 24.0 Å². The minimum Gasteiger partial charge on any atom is -0.375 e. The van der Waals surface area contributed by atoms with Crippen molar-refractivity contribution >= 4 is 24.0 Å². The Hall–Kier alpha value is -0.420. The van der Waals surface area contributed by atoms with Gasteiger partial charge in [0.2, 0.25) is 0 Å². The van der Waals surface area contributed by atoms with Gasteiger partial charge in [0.15, 0.2) is 5.15 Å². The maximum absolute atomic E-state index is 5.89. The van der Waals surface area contributed by atoms with Gasteiger partial charge in [-0.1, -0.05) is 11.6 Å². The molecule has 0 radical (unpaired) electrons. The molecule has 0 amide bonds. The number of halogens is 2. The van der Waals surface area contributed by atoms with Crippen LogP contribution in [-0.4, -0.2) is 29.7 Å². The highest BCUT2D eigenvalue weighted by atomic mass is 35.5. The molecule has 0 bridgehead atoms. The standard InChI is InChI=1S/C12H18ClN3O.ClH/c13-12-11(15-5-6-16-12)9-17-7-3-10-2-1-4-14-8-10;/h5-6,10,14H,1-4,7-9H2;1H. The molecule has 2 rings (SSSR count). The van der Waals surface area contributed by atoms with Crippen molar-refractivity contribution < 1.29 is 4.74 Å². The molecule has 102 valence electrons. The van der Waals surface area contributed by atoms with Crippen molar-refractivity contribution in [3.63, 3.8) is 0 Å². The average Bonchev–Trinajstić information content (AvgIpc) is 2.38. The van der Waals surface area contributed by atoms with Crippen molar-refractivity contribution in [3.05, 3.63) is 23.2 Å². The van der Waals surface area contributed by atoms with Gasteiger partial charge in [0.05, 0.1) is 6.61 Å². The fourth-order valence-corrected chi connectivity index (χ4v) is 2.20. The van der Waals surface area contributed by atoms with Crippen LogP contribution in [0.4, 0.5) is 0 Å². The van der Waals surface area contributed by atoms with Crippen molar-refractivity contribution in [1.29, 1.82) is 0 Å². The molecule has 18 heavy (non-hydrogen) atoms. The van der Waals surface area contributed by atoms with Gasteiger partial charge in [-0.2, -0.15) is 0 Å². The summed E-state index contributed by atoms with van der Waals surface area (Å²) in [5.41, 5.74) is 0.718. The Morgan fingerprint density at radius 3 is 2.94 bits per heavy atom. The maximum atomic E-state index is 5.89. The molecule has 0 spiro atoms. The summed E-state index contributed by atoms with van der Waals surface area (Å²) in [7, 11) is 0. The van der Waals surface area contributed by atoms with Crippen LogP contribution < -0.4 is 5.32 Å². The molecule has 1 aromatic rings. The fourth-order valence-electron chi connectivity index (χ4n) is 2.04. The summed E-state index contributed by atoms with van der Waals surface area (Å²) in [6, 6.07) is 0. The van der Waals surface area contributed by atoms with Gasteiger partial charge < -0.3 is 10.1 Å². The number of hydrogen-bond acceptors (Lipinski definition) is 4. The predicted molar refractivity (Wildman–Crippen MR) is 74.2 cm³/mol. The summed E-state index contributed by atoms with van der Waals surface area (Å²) in [5, 5.41) is 3.84. The summed E-state index contributed by atoms with van der Waals surface area (Å²) in [6.45, 7) is 3.49. The second kappa shape index (κ2) is 8.64. The van der Waals surface area contributed by atoms with Gasteiger partial charge in [-0.15, -0.1) is 12.4 Å². The Bertz CT molecular complexity index is 346. The number of nitrogens with one attached hydrogen (secondary N) is 1. The third kappa shape index (κ3) is 5.06. The molecule has 0 saturated carbocycles. The molecule has 0 aliphatic carbocycles. The Balaban J connectivity index is 0.00000162. The van der Waals surface area contributed by atoms with Crippen LogP contribution in [0.25, 0.3) is 0 Å². The quantitative estimate of drug-likeness (QED) is 0.847. The van der Waals surface area contributed by atoms with Gasteiger partial charge in [-0.05, 0) is 38.3 Å². The van der Waals surface area contributed by atoms with Crippen LogP contribution in [0, 0.1) is 5.92 Å². The smallest absolute Gasteiger partial charge is 0.152 e. The van der Waals surface area contributed by atoms with Gasteiger partial charge in [0.25, 0.3) is 0 Å². The summed E-state index contributed by atoms with van der Waals surface area (Å²) in [5.74, 6) is 0.751. The zero-order valence-corrected chi connectivity index (χ0v) is 11.8. The van der Waals surface area contributed by atoms with E-state index in [2.05, 4.69) is 15.3 Å². The lowest BCUT2D eigenvalue weighted by atomic mass is 9.97. The summed E-state index contributed by atoms with van der Waals surface area (Å²) in [6.07, 6.45) is 6.91. The molecule has 1 aromatic heterocycles.